The Morgan fingerprint density at radius 1 is 1.22 bits per heavy atom. The number of methoxy groups -OCH3 is 1. The molecular weight excluding hydrogens is 272 g/mol. The summed E-state index contributed by atoms with van der Waals surface area (Å²) in [5.74, 6) is 1.34. The maximum atomic E-state index is 5.91. The summed E-state index contributed by atoms with van der Waals surface area (Å²) in [6.45, 7) is 0. The maximum absolute atomic E-state index is 5.91. The minimum atomic E-state index is 0.226. The first-order chi connectivity index (χ1) is 8.76. The van der Waals surface area contributed by atoms with Gasteiger partial charge in [-0.1, -0.05) is 23.7 Å². The molecule has 0 bridgehead atoms. The van der Waals surface area contributed by atoms with Crippen LogP contribution in [0.4, 0.5) is 0 Å². The lowest BCUT2D eigenvalue weighted by molar-refractivity contribution is 0.364. The molecule has 0 atom stereocenters. The second-order valence-corrected chi connectivity index (χ2v) is 4.46. The first-order valence-corrected chi connectivity index (χ1v) is 6.72. The van der Waals surface area contributed by atoms with Gasteiger partial charge in [-0.05, 0) is 18.4 Å². The standard InChI is InChI=1S/C12H11ClN2O2S/c1-16-10-11(13)14-7-15-12(10)17-8-5-3-4-6-9(8)18-2/h3-7H,1-2H3. The van der Waals surface area contributed by atoms with Gasteiger partial charge in [-0.2, -0.15) is 4.98 Å². The summed E-state index contributed by atoms with van der Waals surface area (Å²) in [5.41, 5.74) is 0. The van der Waals surface area contributed by atoms with Crippen molar-refractivity contribution in [1.29, 1.82) is 0 Å². The van der Waals surface area contributed by atoms with Crippen molar-refractivity contribution in [3.63, 3.8) is 0 Å². The lowest BCUT2D eigenvalue weighted by atomic mass is 10.3. The molecule has 0 spiro atoms. The maximum Gasteiger partial charge on any atom is 0.267 e. The van der Waals surface area contributed by atoms with Crippen molar-refractivity contribution in [3.8, 4) is 17.4 Å². The van der Waals surface area contributed by atoms with E-state index in [1.54, 1.807) is 11.8 Å². The number of halogens is 1. The van der Waals surface area contributed by atoms with E-state index >= 15 is 0 Å². The molecule has 18 heavy (non-hydrogen) atoms. The molecule has 0 aliphatic rings. The Morgan fingerprint density at radius 2 is 2.00 bits per heavy atom. The molecule has 0 unspecified atom stereocenters. The number of benzene rings is 1. The van der Waals surface area contributed by atoms with Crippen LogP contribution in [0, 0.1) is 0 Å². The summed E-state index contributed by atoms with van der Waals surface area (Å²) in [4.78, 5) is 8.88. The number of hydrogen-bond acceptors (Lipinski definition) is 5. The fourth-order valence-corrected chi connectivity index (χ4v) is 2.12. The summed E-state index contributed by atoms with van der Waals surface area (Å²) in [7, 11) is 1.50. The molecule has 6 heteroatoms. The van der Waals surface area contributed by atoms with Crippen molar-refractivity contribution in [2.24, 2.45) is 0 Å². The van der Waals surface area contributed by atoms with Crippen LogP contribution in [0.15, 0.2) is 35.5 Å². The minimum Gasteiger partial charge on any atom is -0.489 e. The lowest BCUT2D eigenvalue weighted by Crippen LogP contribution is -1.96. The normalized spacial score (nSPS) is 10.2. The van der Waals surface area contributed by atoms with Gasteiger partial charge in [0, 0.05) is 4.90 Å². The molecule has 1 aromatic carbocycles. The molecule has 2 aromatic rings. The Balaban J connectivity index is 2.37. The summed E-state index contributed by atoms with van der Waals surface area (Å²) < 4.78 is 10.9. The van der Waals surface area contributed by atoms with E-state index in [2.05, 4.69) is 9.97 Å². The Kier molecular flexibility index (Phi) is 4.28. The number of nitrogens with zero attached hydrogens (tertiary/aromatic N) is 2. The first-order valence-electron chi connectivity index (χ1n) is 5.11. The van der Waals surface area contributed by atoms with Crippen LogP contribution in [0.3, 0.4) is 0 Å². The summed E-state index contributed by atoms with van der Waals surface area (Å²) >= 11 is 7.50. The quantitative estimate of drug-likeness (QED) is 0.632. The van der Waals surface area contributed by atoms with E-state index < -0.39 is 0 Å². The molecule has 4 nitrogen and oxygen atoms in total. The minimum absolute atomic E-state index is 0.226. The predicted octanol–water partition coefficient (Wildman–Crippen LogP) is 3.65. The Bertz CT molecular complexity index is 551. The summed E-state index contributed by atoms with van der Waals surface area (Å²) in [6.07, 6.45) is 3.31. The number of ether oxygens (including phenoxy) is 2. The molecule has 0 aliphatic carbocycles. The number of aromatic nitrogens is 2. The molecule has 0 radical (unpaired) electrons. The molecule has 0 saturated heterocycles. The zero-order valence-electron chi connectivity index (χ0n) is 9.88. The van der Waals surface area contributed by atoms with Gasteiger partial charge < -0.3 is 9.47 Å². The van der Waals surface area contributed by atoms with E-state index in [0.717, 1.165) is 4.90 Å². The highest BCUT2D eigenvalue weighted by Gasteiger charge is 2.13. The van der Waals surface area contributed by atoms with Crippen LogP contribution < -0.4 is 9.47 Å². The molecule has 94 valence electrons. The Hall–Kier alpha value is -1.46. The van der Waals surface area contributed by atoms with E-state index in [4.69, 9.17) is 21.1 Å². The smallest absolute Gasteiger partial charge is 0.267 e. The van der Waals surface area contributed by atoms with E-state index in [1.165, 1.54) is 13.4 Å². The van der Waals surface area contributed by atoms with Gasteiger partial charge in [-0.15, -0.1) is 11.8 Å². The number of hydrogen-bond donors (Lipinski definition) is 0. The highest BCUT2D eigenvalue weighted by atomic mass is 35.5. The second-order valence-electron chi connectivity index (χ2n) is 3.26. The van der Waals surface area contributed by atoms with Crippen molar-refractivity contribution in [3.05, 3.63) is 35.7 Å². The van der Waals surface area contributed by atoms with Gasteiger partial charge in [0.15, 0.2) is 5.15 Å². The average molecular weight is 283 g/mol. The van der Waals surface area contributed by atoms with Crippen LogP contribution in [0.5, 0.6) is 17.4 Å². The zero-order chi connectivity index (χ0) is 13.0. The van der Waals surface area contributed by atoms with Gasteiger partial charge in [0.25, 0.3) is 5.88 Å². The number of para-hydroxylation sites is 1. The molecule has 0 N–H and O–H groups in total. The lowest BCUT2D eigenvalue weighted by Gasteiger charge is -2.11. The van der Waals surface area contributed by atoms with Crippen LogP contribution in [0.2, 0.25) is 5.15 Å². The van der Waals surface area contributed by atoms with E-state index in [1.807, 2.05) is 30.5 Å². The Labute approximate surface area is 114 Å². The van der Waals surface area contributed by atoms with Gasteiger partial charge in [0.05, 0.1) is 7.11 Å². The van der Waals surface area contributed by atoms with Crippen LogP contribution in [0.25, 0.3) is 0 Å². The Morgan fingerprint density at radius 3 is 2.72 bits per heavy atom. The monoisotopic (exact) mass is 282 g/mol. The molecule has 0 amide bonds. The van der Waals surface area contributed by atoms with Gasteiger partial charge in [-0.3, -0.25) is 0 Å². The summed E-state index contributed by atoms with van der Waals surface area (Å²) in [6, 6.07) is 7.67. The molecular formula is C12H11ClN2O2S. The van der Waals surface area contributed by atoms with Crippen molar-refractivity contribution < 1.29 is 9.47 Å². The SMILES string of the molecule is COc1c(Cl)ncnc1Oc1ccccc1SC. The third-order valence-corrected chi connectivity index (χ3v) is 3.25. The highest BCUT2D eigenvalue weighted by Crippen LogP contribution is 2.36. The number of rotatable bonds is 4. The van der Waals surface area contributed by atoms with Gasteiger partial charge in [0.2, 0.25) is 5.75 Å². The molecule has 1 aromatic heterocycles. The van der Waals surface area contributed by atoms with Gasteiger partial charge >= 0.3 is 0 Å². The molecule has 0 aliphatic heterocycles. The molecule has 2 rings (SSSR count). The third-order valence-electron chi connectivity index (χ3n) is 2.21. The molecule has 1 heterocycles. The largest absolute Gasteiger partial charge is 0.489 e. The summed E-state index contributed by atoms with van der Waals surface area (Å²) in [5, 5.41) is 0.226. The fourth-order valence-electron chi connectivity index (χ4n) is 1.39. The third kappa shape index (κ3) is 2.68. The van der Waals surface area contributed by atoms with E-state index in [0.29, 0.717) is 17.4 Å². The van der Waals surface area contributed by atoms with Gasteiger partial charge in [0.1, 0.15) is 12.1 Å². The topological polar surface area (TPSA) is 44.2 Å². The fraction of sp³-hybridized carbons (Fsp3) is 0.167. The van der Waals surface area contributed by atoms with Crippen molar-refractivity contribution in [1.82, 2.24) is 9.97 Å². The average Bonchev–Trinajstić information content (AvgIpc) is 2.40. The molecule has 0 saturated carbocycles. The van der Waals surface area contributed by atoms with E-state index in [9.17, 15) is 0 Å². The van der Waals surface area contributed by atoms with Crippen molar-refractivity contribution in [2.75, 3.05) is 13.4 Å². The van der Waals surface area contributed by atoms with Gasteiger partial charge in [-0.25, -0.2) is 4.98 Å². The molecule has 0 fully saturated rings. The van der Waals surface area contributed by atoms with Crippen molar-refractivity contribution in [2.45, 2.75) is 4.90 Å². The highest BCUT2D eigenvalue weighted by molar-refractivity contribution is 7.98. The van der Waals surface area contributed by atoms with Crippen LogP contribution >= 0.6 is 23.4 Å². The van der Waals surface area contributed by atoms with Crippen LogP contribution in [0.1, 0.15) is 0 Å². The van der Waals surface area contributed by atoms with Crippen LogP contribution in [-0.2, 0) is 0 Å². The zero-order valence-corrected chi connectivity index (χ0v) is 11.5. The predicted molar refractivity (Wildman–Crippen MR) is 71.9 cm³/mol. The van der Waals surface area contributed by atoms with Crippen molar-refractivity contribution >= 4 is 23.4 Å². The first kappa shape index (κ1) is 13.0. The second kappa shape index (κ2) is 5.93. The van der Waals surface area contributed by atoms with Crippen LogP contribution in [-0.4, -0.2) is 23.3 Å². The number of thioether (sulfide) groups is 1. The van der Waals surface area contributed by atoms with E-state index in [-0.39, 0.29) is 5.15 Å².